The largest absolute Gasteiger partial charge is 0.460 e. The Hall–Kier alpha value is -3.33. The number of amides is 2. The number of halogens is 1. The number of aliphatic hydroxyl groups is 1. The number of ether oxygens (including phenoxy) is 4. The van der Waals surface area contributed by atoms with E-state index in [0.717, 1.165) is 47.7 Å². The van der Waals surface area contributed by atoms with Crippen LogP contribution in [-0.2, 0) is 39.8 Å². The number of nitrogens with one attached hydrogen (secondary N) is 1. The van der Waals surface area contributed by atoms with E-state index in [-0.39, 0.29) is 25.7 Å². The van der Waals surface area contributed by atoms with Crippen molar-refractivity contribution >= 4 is 46.3 Å². The van der Waals surface area contributed by atoms with E-state index < -0.39 is 72.1 Å². The van der Waals surface area contributed by atoms with Crippen LogP contribution in [0.3, 0.4) is 0 Å². The third-order valence-corrected chi connectivity index (χ3v) is 10.8. The molecular formula is C44H61IN2O9. The minimum atomic E-state index is -0.977. The van der Waals surface area contributed by atoms with E-state index in [9.17, 15) is 24.3 Å². The van der Waals surface area contributed by atoms with Crippen molar-refractivity contribution in [2.24, 2.45) is 0 Å². The monoisotopic (exact) mass is 888 g/mol. The number of aliphatic hydroxyl groups excluding tert-OH is 1. The van der Waals surface area contributed by atoms with Crippen LogP contribution in [0.25, 0.3) is 0 Å². The molecule has 0 aromatic heterocycles. The molecule has 1 aliphatic carbocycles. The summed E-state index contributed by atoms with van der Waals surface area (Å²) in [4.78, 5) is 56.1. The maximum Gasteiger partial charge on any atom is 0.338 e. The van der Waals surface area contributed by atoms with Crippen molar-refractivity contribution in [1.82, 2.24) is 10.2 Å². The molecule has 1 saturated heterocycles. The second-order valence-corrected chi connectivity index (χ2v) is 17.2. The Balaban J connectivity index is 1.62. The maximum atomic E-state index is 14.6. The fourth-order valence-electron chi connectivity index (χ4n) is 7.21. The van der Waals surface area contributed by atoms with Crippen molar-refractivity contribution in [3.63, 3.8) is 0 Å². The lowest BCUT2D eigenvalue weighted by Crippen LogP contribution is -2.53. The van der Waals surface area contributed by atoms with Crippen LogP contribution in [0.4, 0.5) is 0 Å². The molecule has 12 heteroatoms. The van der Waals surface area contributed by atoms with Crippen molar-refractivity contribution in [3.8, 4) is 0 Å². The van der Waals surface area contributed by atoms with Crippen LogP contribution < -0.4 is 5.32 Å². The van der Waals surface area contributed by atoms with Gasteiger partial charge in [-0.15, -0.1) is 0 Å². The lowest BCUT2D eigenvalue weighted by atomic mass is 9.90. The second-order valence-electron chi connectivity index (χ2n) is 16.0. The first kappa shape index (κ1) is 45.4. The first-order valence-electron chi connectivity index (χ1n) is 20.1. The molecule has 1 fully saturated rings. The lowest BCUT2D eigenvalue weighted by Gasteiger charge is -2.34. The van der Waals surface area contributed by atoms with E-state index in [1.54, 1.807) is 52.1 Å². The Morgan fingerprint density at radius 2 is 1.66 bits per heavy atom. The van der Waals surface area contributed by atoms with Crippen molar-refractivity contribution in [2.75, 3.05) is 13.7 Å². The molecule has 2 aromatic rings. The molecule has 1 aliphatic heterocycles. The van der Waals surface area contributed by atoms with Gasteiger partial charge >= 0.3 is 11.9 Å². The number of hydrogen-bond acceptors (Lipinski definition) is 9. The Bertz CT molecular complexity index is 1630. The summed E-state index contributed by atoms with van der Waals surface area (Å²) in [6, 6.07) is 14.8. The van der Waals surface area contributed by atoms with Crippen LogP contribution in [0.2, 0.25) is 0 Å². The molecule has 4 rings (SSSR count). The molecule has 308 valence electrons. The van der Waals surface area contributed by atoms with E-state index in [1.807, 2.05) is 36.4 Å². The molecule has 0 saturated carbocycles. The Labute approximate surface area is 346 Å². The molecule has 2 aliphatic rings. The van der Waals surface area contributed by atoms with Gasteiger partial charge in [-0.3, -0.25) is 14.4 Å². The molecule has 2 aromatic carbocycles. The summed E-state index contributed by atoms with van der Waals surface area (Å²) in [6.07, 6.45) is 7.44. The molecule has 0 spiro atoms. The van der Waals surface area contributed by atoms with Crippen LogP contribution >= 0.6 is 22.6 Å². The zero-order chi connectivity index (χ0) is 40.9. The predicted octanol–water partition coefficient (Wildman–Crippen LogP) is 7.46. The number of carbonyl (C=O) groups is 4. The summed E-state index contributed by atoms with van der Waals surface area (Å²) in [6.45, 7) is 9.23. The quantitative estimate of drug-likeness (QED) is 0.0788. The zero-order valence-electron chi connectivity index (χ0n) is 33.9. The number of esters is 2. The van der Waals surface area contributed by atoms with Crippen molar-refractivity contribution < 1.29 is 43.2 Å². The third-order valence-electron chi connectivity index (χ3n) is 10.1. The Morgan fingerprint density at radius 1 is 0.982 bits per heavy atom. The fourth-order valence-corrected chi connectivity index (χ4v) is 7.76. The van der Waals surface area contributed by atoms with Crippen molar-refractivity contribution in [1.29, 1.82) is 0 Å². The second kappa shape index (κ2) is 21.4. The molecule has 1 heterocycles. The van der Waals surface area contributed by atoms with Gasteiger partial charge in [-0.1, -0.05) is 75.9 Å². The molecule has 5 atom stereocenters. The summed E-state index contributed by atoms with van der Waals surface area (Å²) >= 11 is 2.15. The Morgan fingerprint density at radius 3 is 2.27 bits per heavy atom. The van der Waals surface area contributed by atoms with Gasteiger partial charge in [0, 0.05) is 48.3 Å². The van der Waals surface area contributed by atoms with Gasteiger partial charge in [0.2, 0.25) is 11.8 Å². The normalized spacial score (nSPS) is 19.9. The maximum absolute atomic E-state index is 14.6. The topological polar surface area (TPSA) is 141 Å². The van der Waals surface area contributed by atoms with Gasteiger partial charge in [0.25, 0.3) is 0 Å². The number of likely N-dealkylation sites (N-methyl/N-ethyl adjacent to an activating group) is 1. The van der Waals surface area contributed by atoms with Gasteiger partial charge in [0.05, 0.1) is 18.2 Å². The third kappa shape index (κ3) is 13.4. The highest BCUT2D eigenvalue weighted by molar-refractivity contribution is 14.1. The van der Waals surface area contributed by atoms with E-state index in [1.165, 1.54) is 4.90 Å². The smallest absolute Gasteiger partial charge is 0.338 e. The van der Waals surface area contributed by atoms with Gasteiger partial charge in [0.1, 0.15) is 30.0 Å². The highest BCUT2D eigenvalue weighted by atomic mass is 127. The van der Waals surface area contributed by atoms with Crippen LogP contribution in [0, 0.1) is 3.57 Å². The molecular weight excluding hydrogens is 827 g/mol. The zero-order valence-corrected chi connectivity index (χ0v) is 36.0. The number of carbonyl (C=O) groups excluding carboxylic acids is 4. The van der Waals surface area contributed by atoms with Gasteiger partial charge in [0.15, 0.2) is 5.79 Å². The van der Waals surface area contributed by atoms with Gasteiger partial charge in [-0.25, -0.2) is 4.79 Å². The molecule has 56 heavy (non-hydrogen) atoms. The lowest BCUT2D eigenvalue weighted by molar-refractivity contribution is -0.190. The van der Waals surface area contributed by atoms with E-state index in [0.29, 0.717) is 24.0 Å². The molecule has 0 radical (unpaired) electrons. The highest BCUT2D eigenvalue weighted by Crippen LogP contribution is 2.43. The highest BCUT2D eigenvalue weighted by Gasteiger charge is 2.53. The number of benzene rings is 2. The van der Waals surface area contributed by atoms with Crippen molar-refractivity contribution in [3.05, 3.63) is 80.9 Å². The van der Waals surface area contributed by atoms with E-state index in [4.69, 9.17) is 18.9 Å². The van der Waals surface area contributed by atoms with Crippen molar-refractivity contribution in [2.45, 2.75) is 153 Å². The number of fused-ring (bicyclic) bond motifs is 1. The molecule has 0 bridgehead atoms. The SMILES string of the molecule is CCCCCC1(CCCCC)O[C@@H]2[C@@H](C=C(C(=O)N(C)[C@H](Cc3ccccc3)C(=O)N[C@H](CO)CCC(=O)OC(C)(C)C)C[C@H]2OC(=O)c2cccc(I)c2)O1. The minimum absolute atomic E-state index is 0.000962. The van der Waals surface area contributed by atoms with Gasteiger partial charge in [-0.05, 0) is 92.5 Å². The summed E-state index contributed by atoms with van der Waals surface area (Å²) in [5.74, 6) is -2.72. The van der Waals surface area contributed by atoms with Gasteiger partial charge in [-0.2, -0.15) is 0 Å². The number of rotatable bonds is 20. The predicted molar refractivity (Wildman–Crippen MR) is 223 cm³/mol. The molecule has 2 N–H and O–H groups in total. The van der Waals surface area contributed by atoms with E-state index >= 15 is 0 Å². The summed E-state index contributed by atoms with van der Waals surface area (Å²) in [7, 11) is 1.58. The molecule has 11 nitrogen and oxygen atoms in total. The first-order chi connectivity index (χ1) is 26.7. The van der Waals surface area contributed by atoms with Crippen LogP contribution in [0.1, 0.15) is 121 Å². The average molecular weight is 889 g/mol. The minimum Gasteiger partial charge on any atom is -0.460 e. The van der Waals surface area contributed by atoms with E-state index in [2.05, 4.69) is 41.8 Å². The standard InChI is InChI=1S/C44H61IN2O9/c1-7-9-14-23-44(24-15-10-8-2)54-37-28-32(27-36(39(37)56-44)53-42(52)31-19-16-20-33(45)26-31)41(51)47(6)35(25-30-17-12-11-13-18-30)40(50)46-34(29-48)21-22-38(49)55-43(3,4)5/h11-13,16-20,26,28,34-37,39,48H,7-10,14-15,21-25,27,29H2,1-6H3,(H,46,50)/t34-,35+,36+,37+,39-/m0/s1. The van der Waals surface area contributed by atoms with Gasteiger partial charge < -0.3 is 34.3 Å². The van der Waals surface area contributed by atoms with Crippen LogP contribution in [0.5, 0.6) is 0 Å². The fraction of sp³-hybridized carbons (Fsp3) is 0.591. The summed E-state index contributed by atoms with van der Waals surface area (Å²) < 4.78 is 26.1. The number of hydrogen-bond donors (Lipinski definition) is 2. The summed E-state index contributed by atoms with van der Waals surface area (Å²) in [5.41, 5.74) is 0.921. The Kier molecular flexibility index (Phi) is 17.4. The number of unbranched alkanes of at least 4 members (excludes halogenated alkanes) is 4. The van der Waals surface area contributed by atoms with Crippen LogP contribution in [0.15, 0.2) is 66.2 Å². The average Bonchev–Trinajstić information content (AvgIpc) is 3.53. The molecule has 0 unspecified atom stereocenters. The van der Waals surface area contributed by atoms with Crippen LogP contribution in [-0.4, -0.2) is 89.2 Å². The molecule has 2 amide bonds. The summed E-state index contributed by atoms with van der Waals surface area (Å²) in [5, 5.41) is 13.1. The first-order valence-corrected chi connectivity index (χ1v) is 21.2. The number of nitrogens with zero attached hydrogens (tertiary/aromatic N) is 1.